The van der Waals surface area contributed by atoms with Gasteiger partial charge in [-0.1, -0.05) is 51.0 Å². The second-order valence-electron chi connectivity index (χ2n) is 4.42. The van der Waals surface area contributed by atoms with Crippen LogP contribution in [0.1, 0.15) is 44.2 Å². The molecule has 1 rings (SSSR count). The van der Waals surface area contributed by atoms with Crippen LogP contribution in [-0.2, 0) is 12.8 Å². The molecule has 0 saturated carbocycles. The Hall–Kier alpha value is -0.820. The molecule has 90 valence electrons. The van der Waals surface area contributed by atoms with E-state index in [2.05, 4.69) is 43.4 Å². The van der Waals surface area contributed by atoms with Crippen molar-refractivity contribution < 1.29 is 0 Å². The molecule has 0 spiro atoms. The predicted octanol–water partition coefficient (Wildman–Crippen LogP) is 3.57. The van der Waals surface area contributed by atoms with Crippen molar-refractivity contribution in [3.05, 3.63) is 35.4 Å². The summed E-state index contributed by atoms with van der Waals surface area (Å²) in [6.45, 7) is 6.72. The molecule has 16 heavy (non-hydrogen) atoms. The summed E-state index contributed by atoms with van der Waals surface area (Å²) in [4.78, 5) is 0. The first kappa shape index (κ1) is 13.2. The minimum absolute atomic E-state index is 1.10. The SMILES string of the molecule is CCCCNCCc1ccc(CCC)cc1. The Bertz CT molecular complexity index is 263. The fraction of sp³-hybridized carbons (Fsp3) is 0.600. The van der Waals surface area contributed by atoms with E-state index >= 15 is 0 Å². The highest BCUT2D eigenvalue weighted by Crippen LogP contribution is 2.06. The summed E-state index contributed by atoms with van der Waals surface area (Å²) < 4.78 is 0. The molecule has 0 aromatic heterocycles. The zero-order chi connectivity index (χ0) is 11.6. The van der Waals surface area contributed by atoms with E-state index in [9.17, 15) is 0 Å². The van der Waals surface area contributed by atoms with Crippen LogP contribution in [0.25, 0.3) is 0 Å². The first-order valence-electron chi connectivity index (χ1n) is 6.65. The minimum Gasteiger partial charge on any atom is -0.316 e. The van der Waals surface area contributed by atoms with Crippen LogP contribution >= 0.6 is 0 Å². The number of benzene rings is 1. The van der Waals surface area contributed by atoms with E-state index < -0.39 is 0 Å². The van der Waals surface area contributed by atoms with Crippen LogP contribution in [0.3, 0.4) is 0 Å². The summed E-state index contributed by atoms with van der Waals surface area (Å²) in [6, 6.07) is 9.08. The molecule has 0 amide bonds. The van der Waals surface area contributed by atoms with E-state index in [0.29, 0.717) is 0 Å². The van der Waals surface area contributed by atoms with Gasteiger partial charge in [0.25, 0.3) is 0 Å². The van der Waals surface area contributed by atoms with Crippen molar-refractivity contribution in [2.45, 2.75) is 46.0 Å². The Morgan fingerprint density at radius 3 is 2.00 bits per heavy atom. The van der Waals surface area contributed by atoms with Gasteiger partial charge in [-0.3, -0.25) is 0 Å². The average molecular weight is 219 g/mol. The molecule has 1 N–H and O–H groups in total. The topological polar surface area (TPSA) is 12.0 Å². The molecule has 0 aliphatic carbocycles. The number of hydrogen-bond acceptors (Lipinski definition) is 1. The predicted molar refractivity (Wildman–Crippen MR) is 71.9 cm³/mol. The van der Waals surface area contributed by atoms with Crippen molar-refractivity contribution in [2.75, 3.05) is 13.1 Å². The third-order valence-corrected chi connectivity index (χ3v) is 2.86. The van der Waals surface area contributed by atoms with E-state index in [-0.39, 0.29) is 0 Å². The summed E-state index contributed by atoms with van der Waals surface area (Å²) in [6.07, 6.45) is 6.15. The Morgan fingerprint density at radius 2 is 1.44 bits per heavy atom. The van der Waals surface area contributed by atoms with E-state index in [1.807, 2.05) is 0 Å². The molecule has 0 aliphatic rings. The molecule has 0 saturated heterocycles. The van der Waals surface area contributed by atoms with Crippen LogP contribution in [0.2, 0.25) is 0 Å². The maximum absolute atomic E-state index is 3.47. The van der Waals surface area contributed by atoms with Gasteiger partial charge < -0.3 is 5.32 Å². The lowest BCUT2D eigenvalue weighted by atomic mass is 10.1. The molecular weight excluding hydrogens is 194 g/mol. The molecule has 0 aliphatic heterocycles. The lowest BCUT2D eigenvalue weighted by Gasteiger charge is -2.05. The Balaban J connectivity index is 2.21. The van der Waals surface area contributed by atoms with Crippen molar-refractivity contribution in [1.29, 1.82) is 0 Å². The Morgan fingerprint density at radius 1 is 0.812 bits per heavy atom. The van der Waals surface area contributed by atoms with E-state index in [4.69, 9.17) is 0 Å². The number of nitrogens with one attached hydrogen (secondary N) is 1. The number of hydrogen-bond donors (Lipinski definition) is 1. The number of unbranched alkanes of at least 4 members (excludes halogenated alkanes) is 1. The fourth-order valence-electron chi connectivity index (χ4n) is 1.82. The highest BCUT2D eigenvalue weighted by molar-refractivity contribution is 5.22. The van der Waals surface area contributed by atoms with Gasteiger partial charge in [-0.05, 0) is 43.5 Å². The minimum atomic E-state index is 1.10. The largest absolute Gasteiger partial charge is 0.316 e. The van der Waals surface area contributed by atoms with Gasteiger partial charge >= 0.3 is 0 Å². The van der Waals surface area contributed by atoms with Gasteiger partial charge in [-0.15, -0.1) is 0 Å². The van der Waals surface area contributed by atoms with Crippen molar-refractivity contribution in [3.8, 4) is 0 Å². The third kappa shape index (κ3) is 5.32. The van der Waals surface area contributed by atoms with Crippen molar-refractivity contribution in [3.63, 3.8) is 0 Å². The summed E-state index contributed by atoms with van der Waals surface area (Å²) in [5.41, 5.74) is 2.91. The van der Waals surface area contributed by atoms with Crippen LogP contribution in [0.5, 0.6) is 0 Å². The third-order valence-electron chi connectivity index (χ3n) is 2.86. The lowest BCUT2D eigenvalue weighted by molar-refractivity contribution is 0.640. The average Bonchev–Trinajstić information content (AvgIpc) is 2.31. The lowest BCUT2D eigenvalue weighted by Crippen LogP contribution is -2.18. The van der Waals surface area contributed by atoms with Gasteiger partial charge in [0.2, 0.25) is 0 Å². The van der Waals surface area contributed by atoms with Gasteiger partial charge in [0.1, 0.15) is 0 Å². The van der Waals surface area contributed by atoms with Gasteiger partial charge in [0.15, 0.2) is 0 Å². The molecule has 0 unspecified atom stereocenters. The fourth-order valence-corrected chi connectivity index (χ4v) is 1.82. The van der Waals surface area contributed by atoms with Crippen molar-refractivity contribution in [2.24, 2.45) is 0 Å². The quantitative estimate of drug-likeness (QED) is 0.659. The monoisotopic (exact) mass is 219 g/mol. The molecule has 1 nitrogen and oxygen atoms in total. The van der Waals surface area contributed by atoms with E-state index in [0.717, 1.165) is 19.5 Å². The highest BCUT2D eigenvalue weighted by Gasteiger charge is 1.94. The molecule has 1 aromatic rings. The maximum Gasteiger partial charge on any atom is -0.000835 e. The smallest absolute Gasteiger partial charge is 0.000835 e. The normalized spacial score (nSPS) is 10.6. The number of aryl methyl sites for hydroxylation is 1. The molecule has 0 radical (unpaired) electrons. The summed E-state index contributed by atoms with van der Waals surface area (Å²) in [5.74, 6) is 0. The molecule has 0 atom stereocenters. The Kier molecular flexibility index (Phi) is 6.91. The molecule has 0 heterocycles. The van der Waals surface area contributed by atoms with E-state index in [1.54, 1.807) is 0 Å². The molecule has 1 aromatic carbocycles. The molecule has 0 bridgehead atoms. The van der Waals surface area contributed by atoms with Crippen molar-refractivity contribution in [1.82, 2.24) is 5.32 Å². The summed E-state index contributed by atoms with van der Waals surface area (Å²) >= 11 is 0. The van der Waals surface area contributed by atoms with Gasteiger partial charge in [-0.2, -0.15) is 0 Å². The molecule has 0 fully saturated rings. The Labute approximate surface area is 100 Å². The number of rotatable bonds is 8. The maximum atomic E-state index is 3.47. The standard InChI is InChI=1S/C15H25N/c1-3-5-12-16-13-11-15-9-7-14(6-4-2)8-10-15/h7-10,16H,3-6,11-13H2,1-2H3. The first-order valence-corrected chi connectivity index (χ1v) is 6.65. The van der Waals surface area contributed by atoms with E-state index in [1.165, 1.54) is 36.8 Å². The van der Waals surface area contributed by atoms with Crippen molar-refractivity contribution >= 4 is 0 Å². The van der Waals surface area contributed by atoms with Crippen LogP contribution in [-0.4, -0.2) is 13.1 Å². The molecule has 1 heteroatoms. The van der Waals surface area contributed by atoms with Gasteiger partial charge in [0.05, 0.1) is 0 Å². The zero-order valence-electron chi connectivity index (χ0n) is 10.8. The van der Waals surface area contributed by atoms with Crippen LogP contribution in [0.15, 0.2) is 24.3 Å². The second kappa shape index (κ2) is 8.35. The van der Waals surface area contributed by atoms with Gasteiger partial charge in [0, 0.05) is 0 Å². The van der Waals surface area contributed by atoms with Crippen LogP contribution in [0.4, 0.5) is 0 Å². The zero-order valence-corrected chi connectivity index (χ0v) is 10.8. The van der Waals surface area contributed by atoms with Crippen LogP contribution in [0, 0.1) is 0 Å². The summed E-state index contributed by atoms with van der Waals surface area (Å²) in [5, 5.41) is 3.47. The second-order valence-corrected chi connectivity index (χ2v) is 4.42. The highest BCUT2D eigenvalue weighted by atomic mass is 14.8. The first-order chi connectivity index (χ1) is 7.86. The van der Waals surface area contributed by atoms with Gasteiger partial charge in [-0.25, -0.2) is 0 Å². The summed E-state index contributed by atoms with van der Waals surface area (Å²) in [7, 11) is 0. The molecular formula is C15H25N. The van der Waals surface area contributed by atoms with Crippen LogP contribution < -0.4 is 5.32 Å².